The van der Waals surface area contributed by atoms with Gasteiger partial charge in [0.05, 0.1) is 5.56 Å². The van der Waals surface area contributed by atoms with E-state index in [1.807, 2.05) is 0 Å². The Morgan fingerprint density at radius 3 is 2.29 bits per heavy atom. The Kier molecular flexibility index (Phi) is 6.97. The molecular formula is C20H19FN2O5. The van der Waals surface area contributed by atoms with E-state index in [1.165, 1.54) is 32.0 Å². The Balaban J connectivity index is 1.82. The van der Waals surface area contributed by atoms with Gasteiger partial charge in [-0.2, -0.15) is 0 Å². The van der Waals surface area contributed by atoms with Crippen LogP contribution in [0.25, 0.3) is 0 Å². The van der Waals surface area contributed by atoms with Gasteiger partial charge in [-0.25, -0.2) is 4.39 Å². The lowest BCUT2D eigenvalue weighted by Gasteiger charge is -2.14. The molecule has 2 aromatic rings. The molecule has 0 unspecified atom stereocenters. The van der Waals surface area contributed by atoms with Gasteiger partial charge in [-0.1, -0.05) is 12.1 Å². The number of benzene rings is 2. The molecule has 0 aliphatic heterocycles. The number of carbonyl (C=O) groups excluding carboxylic acids is 4. The first kappa shape index (κ1) is 20.8. The van der Waals surface area contributed by atoms with Crippen molar-refractivity contribution in [2.75, 3.05) is 11.9 Å². The molecule has 1 atom stereocenters. The van der Waals surface area contributed by atoms with Crippen LogP contribution in [0.2, 0.25) is 0 Å². The van der Waals surface area contributed by atoms with E-state index >= 15 is 0 Å². The van der Waals surface area contributed by atoms with Crippen molar-refractivity contribution in [2.24, 2.45) is 0 Å². The van der Waals surface area contributed by atoms with Crippen LogP contribution in [-0.2, 0) is 14.3 Å². The van der Waals surface area contributed by atoms with Gasteiger partial charge in [-0.15, -0.1) is 0 Å². The van der Waals surface area contributed by atoms with Crippen molar-refractivity contribution in [3.63, 3.8) is 0 Å². The molecule has 0 bridgehead atoms. The fourth-order valence-electron chi connectivity index (χ4n) is 2.22. The molecule has 146 valence electrons. The van der Waals surface area contributed by atoms with Gasteiger partial charge in [0.15, 0.2) is 11.9 Å². The Hall–Kier alpha value is -3.55. The SMILES string of the molecule is CC(=O)c1ccc(NC(=O)[C@@H](C)OC(=O)CNC(=O)c2ccccc2F)cc1. The van der Waals surface area contributed by atoms with Crippen molar-refractivity contribution < 1.29 is 28.3 Å². The first-order valence-corrected chi connectivity index (χ1v) is 8.42. The Morgan fingerprint density at radius 1 is 1.04 bits per heavy atom. The third kappa shape index (κ3) is 5.73. The molecule has 0 saturated heterocycles. The molecule has 7 nitrogen and oxygen atoms in total. The van der Waals surface area contributed by atoms with E-state index in [4.69, 9.17) is 4.74 Å². The van der Waals surface area contributed by atoms with Crippen molar-refractivity contribution in [1.82, 2.24) is 5.32 Å². The second-order valence-corrected chi connectivity index (χ2v) is 5.92. The van der Waals surface area contributed by atoms with Crippen LogP contribution in [-0.4, -0.2) is 36.2 Å². The first-order valence-electron chi connectivity index (χ1n) is 8.42. The summed E-state index contributed by atoms with van der Waals surface area (Å²) in [6.07, 6.45) is -1.12. The van der Waals surface area contributed by atoms with E-state index in [2.05, 4.69) is 10.6 Å². The van der Waals surface area contributed by atoms with E-state index in [1.54, 1.807) is 24.3 Å². The molecular weight excluding hydrogens is 367 g/mol. The van der Waals surface area contributed by atoms with E-state index in [-0.39, 0.29) is 11.3 Å². The standard InChI is InChI=1S/C20H19FN2O5/c1-12(24)14-7-9-15(10-8-14)23-19(26)13(2)28-18(25)11-22-20(27)16-5-3-4-6-17(16)21/h3-10,13H,11H2,1-2H3,(H,22,27)(H,23,26)/t13-/m1/s1. The highest BCUT2D eigenvalue weighted by atomic mass is 19.1. The third-order valence-electron chi connectivity index (χ3n) is 3.75. The van der Waals surface area contributed by atoms with Gasteiger partial charge in [-0.3, -0.25) is 19.2 Å². The molecule has 2 rings (SSSR count). The average Bonchev–Trinajstić information content (AvgIpc) is 2.66. The fraction of sp³-hybridized carbons (Fsp3) is 0.200. The van der Waals surface area contributed by atoms with Crippen LogP contribution in [0, 0.1) is 5.82 Å². The Morgan fingerprint density at radius 2 is 1.68 bits per heavy atom. The summed E-state index contributed by atoms with van der Waals surface area (Å²) in [4.78, 5) is 47.0. The van der Waals surface area contributed by atoms with Crippen molar-refractivity contribution in [1.29, 1.82) is 0 Å². The zero-order valence-electron chi connectivity index (χ0n) is 15.3. The van der Waals surface area contributed by atoms with Gasteiger partial charge in [0, 0.05) is 11.3 Å². The topological polar surface area (TPSA) is 102 Å². The second kappa shape index (κ2) is 9.40. The number of nitrogens with one attached hydrogen (secondary N) is 2. The zero-order valence-corrected chi connectivity index (χ0v) is 15.3. The van der Waals surface area contributed by atoms with Crippen LogP contribution in [0.3, 0.4) is 0 Å². The predicted molar refractivity (Wildman–Crippen MR) is 99.4 cm³/mol. The lowest BCUT2D eigenvalue weighted by Crippen LogP contribution is -2.36. The van der Waals surface area contributed by atoms with E-state index < -0.39 is 36.2 Å². The van der Waals surface area contributed by atoms with Crippen molar-refractivity contribution >= 4 is 29.3 Å². The van der Waals surface area contributed by atoms with E-state index in [0.29, 0.717) is 11.3 Å². The zero-order chi connectivity index (χ0) is 20.7. The first-order chi connectivity index (χ1) is 13.3. The van der Waals surface area contributed by atoms with E-state index in [9.17, 15) is 23.6 Å². The minimum Gasteiger partial charge on any atom is -0.451 e. The number of rotatable bonds is 7. The maximum atomic E-state index is 13.5. The molecule has 2 N–H and O–H groups in total. The highest BCUT2D eigenvalue weighted by molar-refractivity contribution is 5.98. The third-order valence-corrected chi connectivity index (χ3v) is 3.75. The summed E-state index contributed by atoms with van der Waals surface area (Å²) in [5.74, 6) is -3.00. The van der Waals surface area contributed by atoms with Gasteiger partial charge in [0.25, 0.3) is 11.8 Å². The maximum Gasteiger partial charge on any atom is 0.326 e. The number of esters is 1. The molecule has 0 spiro atoms. The molecule has 0 aliphatic rings. The van der Waals surface area contributed by atoms with Crippen molar-refractivity contribution in [3.8, 4) is 0 Å². The van der Waals surface area contributed by atoms with Gasteiger partial charge < -0.3 is 15.4 Å². The molecule has 0 aromatic heterocycles. The fourth-order valence-corrected chi connectivity index (χ4v) is 2.22. The lowest BCUT2D eigenvalue weighted by molar-refractivity contribution is -0.152. The molecule has 0 aliphatic carbocycles. The quantitative estimate of drug-likeness (QED) is 0.562. The number of amides is 2. The van der Waals surface area contributed by atoms with Gasteiger partial charge in [0.1, 0.15) is 12.4 Å². The normalized spacial score (nSPS) is 11.2. The van der Waals surface area contributed by atoms with Gasteiger partial charge >= 0.3 is 5.97 Å². The van der Waals surface area contributed by atoms with Crippen molar-refractivity contribution in [3.05, 3.63) is 65.5 Å². The smallest absolute Gasteiger partial charge is 0.326 e. The number of hydrogen-bond acceptors (Lipinski definition) is 5. The summed E-state index contributed by atoms with van der Waals surface area (Å²) < 4.78 is 18.5. The number of carbonyl (C=O) groups is 4. The molecule has 8 heteroatoms. The maximum absolute atomic E-state index is 13.5. The Labute approximate surface area is 160 Å². The summed E-state index contributed by atoms with van der Waals surface area (Å²) in [6, 6.07) is 11.6. The molecule has 2 aromatic carbocycles. The highest BCUT2D eigenvalue weighted by Gasteiger charge is 2.19. The number of anilines is 1. The summed E-state index contributed by atoms with van der Waals surface area (Å²) in [5, 5.41) is 4.78. The number of hydrogen-bond donors (Lipinski definition) is 2. The summed E-state index contributed by atoms with van der Waals surface area (Å²) in [6.45, 7) is 2.29. The van der Waals surface area contributed by atoms with Crippen LogP contribution < -0.4 is 10.6 Å². The number of ether oxygens (including phenoxy) is 1. The van der Waals surface area contributed by atoms with Crippen LogP contribution in [0.5, 0.6) is 0 Å². The molecule has 0 heterocycles. The monoisotopic (exact) mass is 386 g/mol. The van der Waals surface area contributed by atoms with Crippen LogP contribution in [0.15, 0.2) is 48.5 Å². The summed E-state index contributed by atoms with van der Waals surface area (Å²) in [7, 11) is 0. The van der Waals surface area contributed by atoms with Crippen LogP contribution in [0.4, 0.5) is 10.1 Å². The summed E-state index contributed by atoms with van der Waals surface area (Å²) in [5.41, 5.74) is 0.740. The van der Waals surface area contributed by atoms with Gasteiger partial charge in [-0.05, 0) is 50.2 Å². The molecule has 2 amide bonds. The molecule has 0 radical (unpaired) electrons. The molecule has 28 heavy (non-hydrogen) atoms. The molecule has 0 saturated carbocycles. The number of halogens is 1. The lowest BCUT2D eigenvalue weighted by atomic mass is 10.1. The van der Waals surface area contributed by atoms with Crippen molar-refractivity contribution in [2.45, 2.75) is 20.0 Å². The van der Waals surface area contributed by atoms with Crippen LogP contribution >= 0.6 is 0 Å². The predicted octanol–water partition coefficient (Wildman–Crippen LogP) is 2.33. The molecule has 0 fully saturated rings. The highest BCUT2D eigenvalue weighted by Crippen LogP contribution is 2.11. The Bertz CT molecular complexity index is 896. The second-order valence-electron chi connectivity index (χ2n) is 5.92. The minimum absolute atomic E-state index is 0.0994. The number of Topliss-reactive ketones (excluding diaryl/α,β-unsaturated/α-hetero) is 1. The minimum atomic E-state index is -1.12. The average molecular weight is 386 g/mol. The number of ketones is 1. The summed E-state index contributed by atoms with van der Waals surface area (Å²) >= 11 is 0. The van der Waals surface area contributed by atoms with Gasteiger partial charge in [0.2, 0.25) is 0 Å². The largest absolute Gasteiger partial charge is 0.451 e. The van der Waals surface area contributed by atoms with E-state index in [0.717, 1.165) is 6.07 Å². The van der Waals surface area contributed by atoms with Crippen LogP contribution in [0.1, 0.15) is 34.6 Å².